The van der Waals surface area contributed by atoms with Crippen LogP contribution in [-0.2, 0) is 0 Å². The first-order valence-corrected chi connectivity index (χ1v) is 7.71. The molecule has 0 bridgehead atoms. The van der Waals surface area contributed by atoms with Gasteiger partial charge in [0.2, 0.25) is 0 Å². The largest absolute Gasteiger partial charge is 0.508 e. The van der Waals surface area contributed by atoms with Gasteiger partial charge in [0, 0.05) is 18.7 Å². The van der Waals surface area contributed by atoms with Crippen LogP contribution in [0.5, 0.6) is 5.75 Å². The van der Waals surface area contributed by atoms with E-state index in [2.05, 4.69) is 20.6 Å². The molecule has 2 aromatic carbocycles. The van der Waals surface area contributed by atoms with Crippen molar-refractivity contribution in [2.45, 2.75) is 0 Å². The molecule has 3 N–H and O–H groups in total. The number of amides is 2. The predicted octanol–water partition coefficient (Wildman–Crippen LogP) is 1.50. The summed E-state index contributed by atoms with van der Waals surface area (Å²) in [5, 5.41) is 14.6. The second-order valence-corrected chi connectivity index (χ2v) is 5.30. The maximum absolute atomic E-state index is 12.1. The molecule has 126 valence electrons. The van der Waals surface area contributed by atoms with Crippen molar-refractivity contribution in [3.63, 3.8) is 0 Å². The smallest absolute Gasteiger partial charge is 0.271 e. The van der Waals surface area contributed by atoms with Gasteiger partial charge < -0.3 is 15.7 Å². The molecule has 0 radical (unpaired) electrons. The van der Waals surface area contributed by atoms with Crippen LogP contribution in [0.1, 0.15) is 20.8 Å². The molecule has 1 aromatic heterocycles. The lowest BCUT2D eigenvalue weighted by molar-refractivity contribution is 0.0925. The number of aromatic hydroxyl groups is 1. The van der Waals surface area contributed by atoms with Gasteiger partial charge in [-0.1, -0.05) is 12.1 Å². The Labute approximate surface area is 143 Å². The molecule has 0 unspecified atom stereocenters. The molecule has 0 saturated heterocycles. The standard InChI is InChI=1S/C18H16N4O3/c23-13-7-5-12(6-8-13)17(24)19-9-10-20-18(25)16-11-21-14-3-1-2-4-15(14)22-16/h1-8,11,23H,9-10H2,(H,19,24)(H,20,25). The van der Waals surface area contributed by atoms with Gasteiger partial charge in [0.15, 0.2) is 0 Å². The molecular weight excluding hydrogens is 320 g/mol. The van der Waals surface area contributed by atoms with Crippen molar-refractivity contribution in [2.24, 2.45) is 0 Å². The summed E-state index contributed by atoms with van der Waals surface area (Å²) in [6.45, 7) is 0.531. The fourth-order valence-corrected chi connectivity index (χ4v) is 2.22. The minimum Gasteiger partial charge on any atom is -0.508 e. The molecule has 25 heavy (non-hydrogen) atoms. The Hall–Kier alpha value is -3.48. The first-order valence-electron chi connectivity index (χ1n) is 7.71. The summed E-state index contributed by atoms with van der Waals surface area (Å²) in [4.78, 5) is 32.4. The summed E-state index contributed by atoms with van der Waals surface area (Å²) >= 11 is 0. The summed E-state index contributed by atoms with van der Waals surface area (Å²) in [6, 6.07) is 13.2. The van der Waals surface area contributed by atoms with E-state index in [1.54, 1.807) is 6.07 Å². The zero-order chi connectivity index (χ0) is 17.6. The number of hydrogen-bond donors (Lipinski definition) is 3. The average Bonchev–Trinajstić information content (AvgIpc) is 2.65. The van der Waals surface area contributed by atoms with E-state index in [4.69, 9.17) is 0 Å². The molecule has 0 aliphatic heterocycles. The molecule has 3 aromatic rings. The van der Waals surface area contributed by atoms with E-state index < -0.39 is 0 Å². The third-order valence-electron chi connectivity index (χ3n) is 3.51. The van der Waals surface area contributed by atoms with Crippen molar-refractivity contribution >= 4 is 22.8 Å². The number of fused-ring (bicyclic) bond motifs is 1. The highest BCUT2D eigenvalue weighted by atomic mass is 16.3. The maximum atomic E-state index is 12.1. The lowest BCUT2D eigenvalue weighted by Gasteiger charge is -2.07. The van der Waals surface area contributed by atoms with Gasteiger partial charge >= 0.3 is 0 Å². The number of nitrogens with zero attached hydrogens (tertiary/aromatic N) is 2. The minimum absolute atomic E-state index is 0.0975. The molecule has 0 aliphatic rings. The number of nitrogens with one attached hydrogen (secondary N) is 2. The third-order valence-corrected chi connectivity index (χ3v) is 3.51. The van der Waals surface area contributed by atoms with E-state index in [1.807, 2.05) is 18.2 Å². The zero-order valence-corrected chi connectivity index (χ0v) is 13.3. The van der Waals surface area contributed by atoms with E-state index in [1.165, 1.54) is 30.5 Å². The van der Waals surface area contributed by atoms with E-state index in [9.17, 15) is 14.7 Å². The van der Waals surface area contributed by atoms with E-state index in [0.717, 1.165) is 5.52 Å². The molecule has 0 aliphatic carbocycles. The summed E-state index contributed by atoms with van der Waals surface area (Å²) in [7, 11) is 0. The number of phenols is 1. The van der Waals surface area contributed by atoms with Gasteiger partial charge in [0.05, 0.1) is 17.2 Å². The van der Waals surface area contributed by atoms with Crippen LogP contribution in [0.4, 0.5) is 0 Å². The number of rotatable bonds is 5. The number of para-hydroxylation sites is 2. The van der Waals surface area contributed by atoms with Gasteiger partial charge in [-0.05, 0) is 36.4 Å². The van der Waals surface area contributed by atoms with Crippen LogP contribution >= 0.6 is 0 Å². The van der Waals surface area contributed by atoms with Gasteiger partial charge in [-0.25, -0.2) is 4.98 Å². The molecule has 7 nitrogen and oxygen atoms in total. The number of hydrogen-bond acceptors (Lipinski definition) is 5. The molecule has 0 saturated carbocycles. The Bertz CT molecular complexity index is 910. The van der Waals surface area contributed by atoms with Crippen molar-refractivity contribution in [1.82, 2.24) is 20.6 Å². The normalized spacial score (nSPS) is 10.4. The van der Waals surface area contributed by atoms with Crippen LogP contribution < -0.4 is 10.6 Å². The Morgan fingerprint density at radius 2 is 1.52 bits per heavy atom. The molecule has 3 rings (SSSR count). The van der Waals surface area contributed by atoms with E-state index in [-0.39, 0.29) is 36.3 Å². The van der Waals surface area contributed by atoms with Gasteiger partial charge in [0.25, 0.3) is 11.8 Å². The highest BCUT2D eigenvalue weighted by molar-refractivity contribution is 5.95. The van der Waals surface area contributed by atoms with Crippen LogP contribution in [0.3, 0.4) is 0 Å². The predicted molar refractivity (Wildman–Crippen MR) is 92.3 cm³/mol. The lowest BCUT2D eigenvalue weighted by atomic mass is 10.2. The Balaban J connectivity index is 1.50. The van der Waals surface area contributed by atoms with E-state index >= 15 is 0 Å². The topological polar surface area (TPSA) is 104 Å². The first kappa shape index (κ1) is 16.4. The monoisotopic (exact) mass is 336 g/mol. The van der Waals surface area contributed by atoms with Crippen LogP contribution in [0.15, 0.2) is 54.7 Å². The third kappa shape index (κ3) is 4.08. The lowest BCUT2D eigenvalue weighted by Crippen LogP contribution is -2.35. The van der Waals surface area contributed by atoms with Gasteiger partial charge in [-0.3, -0.25) is 14.6 Å². The molecule has 0 fully saturated rings. The van der Waals surface area contributed by atoms with Crippen LogP contribution in [-0.4, -0.2) is 40.0 Å². The van der Waals surface area contributed by atoms with Crippen LogP contribution in [0, 0.1) is 0 Å². The molecule has 2 amide bonds. The van der Waals surface area contributed by atoms with Gasteiger partial charge in [-0.2, -0.15) is 0 Å². The van der Waals surface area contributed by atoms with Gasteiger partial charge in [0.1, 0.15) is 11.4 Å². The van der Waals surface area contributed by atoms with Gasteiger partial charge in [-0.15, -0.1) is 0 Å². The summed E-state index contributed by atoms with van der Waals surface area (Å²) in [5.74, 6) is -0.530. The Morgan fingerprint density at radius 1 is 0.880 bits per heavy atom. The highest BCUT2D eigenvalue weighted by Gasteiger charge is 2.09. The van der Waals surface area contributed by atoms with Crippen molar-refractivity contribution in [2.75, 3.05) is 13.1 Å². The maximum Gasteiger partial charge on any atom is 0.271 e. The SMILES string of the molecule is O=C(NCCNC(=O)c1cnc2ccccc2n1)c1ccc(O)cc1. The Kier molecular flexibility index (Phi) is 4.84. The molecular formula is C18H16N4O3. The van der Waals surface area contributed by atoms with Crippen molar-refractivity contribution < 1.29 is 14.7 Å². The zero-order valence-electron chi connectivity index (χ0n) is 13.3. The highest BCUT2D eigenvalue weighted by Crippen LogP contribution is 2.09. The molecule has 0 spiro atoms. The molecule has 1 heterocycles. The van der Waals surface area contributed by atoms with Crippen molar-refractivity contribution in [3.05, 3.63) is 66.0 Å². The first-order chi connectivity index (χ1) is 12.1. The van der Waals surface area contributed by atoms with Crippen molar-refractivity contribution in [1.29, 1.82) is 0 Å². The number of benzene rings is 2. The van der Waals surface area contributed by atoms with Crippen molar-refractivity contribution in [3.8, 4) is 5.75 Å². The quantitative estimate of drug-likeness (QED) is 0.613. The second kappa shape index (κ2) is 7.39. The number of phenolic OH excluding ortho intramolecular Hbond substituents is 1. The summed E-state index contributed by atoms with van der Waals surface area (Å²) < 4.78 is 0. The fraction of sp³-hybridized carbons (Fsp3) is 0.111. The fourth-order valence-electron chi connectivity index (χ4n) is 2.22. The minimum atomic E-state index is -0.350. The number of carbonyl (C=O) groups excluding carboxylic acids is 2. The second-order valence-electron chi connectivity index (χ2n) is 5.30. The molecule has 0 atom stereocenters. The molecule has 7 heteroatoms. The number of carbonyl (C=O) groups is 2. The van der Waals surface area contributed by atoms with Crippen LogP contribution in [0.25, 0.3) is 11.0 Å². The Morgan fingerprint density at radius 3 is 2.24 bits per heavy atom. The summed E-state index contributed by atoms with van der Waals surface area (Å²) in [5.41, 5.74) is 2.03. The van der Waals surface area contributed by atoms with E-state index in [0.29, 0.717) is 11.1 Å². The average molecular weight is 336 g/mol. The number of aromatic nitrogens is 2. The van der Waals surface area contributed by atoms with Crippen LogP contribution in [0.2, 0.25) is 0 Å². The summed E-state index contributed by atoms with van der Waals surface area (Å²) in [6.07, 6.45) is 1.42.